The molecule has 0 N–H and O–H groups in total. The van der Waals surface area contributed by atoms with Crippen LogP contribution in [0.15, 0.2) is 241 Å². The third-order valence-corrected chi connectivity index (χ3v) is 12.2. The minimum absolute atomic E-state index is 0.115. The molecule has 0 saturated carbocycles. The first-order chi connectivity index (χ1) is 32.4. The smallest absolute Gasteiger partial charge is 0.143 e. The number of hydrogen-bond acceptors (Lipinski definition) is 2. The lowest BCUT2D eigenvalue weighted by atomic mass is 9.94. The lowest BCUT2D eigenvalue weighted by Gasteiger charge is -2.28. The van der Waals surface area contributed by atoms with E-state index in [0.717, 1.165) is 87.6 Å². The Morgan fingerprint density at radius 1 is 0.306 bits per heavy atom. The van der Waals surface area contributed by atoms with Crippen molar-refractivity contribution in [3.8, 4) is 44.5 Å². The Morgan fingerprint density at radius 3 is 1.50 bits per heavy atom. The molecule has 12 rings (SSSR count). The summed E-state index contributed by atoms with van der Waals surface area (Å²) in [4.78, 5) is 1.90. The molecule has 2 heteroatoms. The van der Waals surface area contributed by atoms with E-state index in [0.29, 0.717) is 16.9 Å². The first kappa shape index (κ1) is 31.7. The lowest BCUT2D eigenvalue weighted by Crippen LogP contribution is -2.11. The molecule has 0 fully saturated rings. The number of anilines is 3. The highest BCUT2D eigenvalue weighted by Gasteiger charge is 2.20. The van der Waals surface area contributed by atoms with Crippen LogP contribution in [-0.4, -0.2) is 0 Å². The number of hydrogen-bond donors (Lipinski definition) is 0. The molecule has 0 spiro atoms. The topological polar surface area (TPSA) is 16.4 Å². The van der Waals surface area contributed by atoms with Crippen molar-refractivity contribution < 1.29 is 9.90 Å². The highest BCUT2D eigenvalue weighted by molar-refractivity contribution is 6.18. The van der Waals surface area contributed by atoms with E-state index in [9.17, 15) is 5.48 Å². The average molecular weight is 794 g/mol. The van der Waals surface area contributed by atoms with Gasteiger partial charge in [-0.05, 0) is 108 Å². The van der Waals surface area contributed by atoms with Crippen LogP contribution < -0.4 is 4.90 Å². The van der Waals surface area contributed by atoms with Crippen molar-refractivity contribution >= 4 is 71.3 Å². The minimum Gasteiger partial charge on any atom is -0.455 e. The zero-order chi connectivity index (χ0) is 44.5. The van der Waals surface area contributed by atoms with Crippen LogP contribution in [0.3, 0.4) is 0 Å². The molecule has 62 heavy (non-hydrogen) atoms. The maximum atomic E-state index is 9.79. The molecule has 1 aromatic heterocycles. The average Bonchev–Trinajstić information content (AvgIpc) is 3.76. The van der Waals surface area contributed by atoms with E-state index in [1.54, 1.807) is 0 Å². The Balaban J connectivity index is 1.04. The molecular weight excluding hydrogens is 751 g/mol. The van der Waals surface area contributed by atoms with Crippen LogP contribution >= 0.6 is 0 Å². The maximum Gasteiger partial charge on any atom is 0.143 e. The van der Waals surface area contributed by atoms with E-state index >= 15 is 0 Å². The zero-order valence-corrected chi connectivity index (χ0v) is 33.6. The monoisotopic (exact) mass is 793 g/mol. The van der Waals surface area contributed by atoms with Crippen molar-refractivity contribution in [2.75, 3.05) is 4.90 Å². The molecule has 0 unspecified atom stereocenters. The van der Waals surface area contributed by atoms with Gasteiger partial charge in [-0.2, -0.15) is 0 Å². The molecular formula is C60H39NO. The molecule has 290 valence electrons. The Morgan fingerprint density at radius 2 is 0.790 bits per heavy atom. The number of nitrogens with zero attached hydrogens (tertiary/aromatic N) is 1. The first-order valence-corrected chi connectivity index (χ1v) is 20.9. The third kappa shape index (κ3) is 6.04. The molecule has 0 saturated heterocycles. The zero-order valence-electron chi connectivity index (χ0n) is 37.6. The SMILES string of the molecule is [2H]c1c([2H])c(N(c2ccc(-c3cccc4ccccc34)cc2)c2ccccc2-c2cccc3c2ccc2c4ccccc4oc32)c([2H])c([2H])c1-c1ccc(-c2cccc3ccccc23)cc1. The fourth-order valence-corrected chi connectivity index (χ4v) is 9.18. The van der Waals surface area contributed by atoms with Gasteiger partial charge in [0, 0.05) is 33.1 Å². The molecule has 2 nitrogen and oxygen atoms in total. The second kappa shape index (κ2) is 14.8. The summed E-state index contributed by atoms with van der Waals surface area (Å²) in [5.41, 5.74) is 10.1. The van der Waals surface area contributed by atoms with Gasteiger partial charge in [0.05, 0.1) is 11.2 Å². The van der Waals surface area contributed by atoms with Crippen molar-refractivity contribution in [3.05, 3.63) is 236 Å². The second-order valence-electron chi connectivity index (χ2n) is 15.7. The lowest BCUT2D eigenvalue weighted by molar-refractivity contribution is 0.672. The van der Waals surface area contributed by atoms with Gasteiger partial charge in [-0.15, -0.1) is 0 Å². The van der Waals surface area contributed by atoms with Crippen molar-refractivity contribution in [3.63, 3.8) is 0 Å². The minimum atomic E-state index is -0.140. The summed E-state index contributed by atoms with van der Waals surface area (Å²) >= 11 is 0. The summed E-state index contributed by atoms with van der Waals surface area (Å²) in [6.45, 7) is 0. The normalized spacial score (nSPS) is 12.5. The molecule has 12 aromatic rings. The van der Waals surface area contributed by atoms with Gasteiger partial charge in [0.25, 0.3) is 0 Å². The van der Waals surface area contributed by atoms with Crippen LogP contribution in [0.5, 0.6) is 0 Å². The van der Waals surface area contributed by atoms with Gasteiger partial charge in [-0.25, -0.2) is 0 Å². The largest absolute Gasteiger partial charge is 0.455 e. The highest BCUT2D eigenvalue weighted by atomic mass is 16.3. The number of benzene rings is 11. The summed E-state index contributed by atoms with van der Waals surface area (Å²) in [6.07, 6.45) is 0. The molecule has 1 heterocycles. The maximum absolute atomic E-state index is 9.79. The van der Waals surface area contributed by atoms with Crippen molar-refractivity contribution in [2.45, 2.75) is 0 Å². The number of furan rings is 1. The van der Waals surface area contributed by atoms with Crippen LogP contribution in [-0.2, 0) is 0 Å². The van der Waals surface area contributed by atoms with Gasteiger partial charge in [0.2, 0.25) is 0 Å². The number of para-hydroxylation sites is 2. The molecule has 0 aliphatic rings. The summed E-state index contributed by atoms with van der Waals surface area (Å²) in [6, 6.07) is 71.3. The standard InChI is InChI=1S/C60H39NO/c1-3-16-48-42(12-1)14-9-20-50(48)44-28-26-40(27-29-44)41-30-34-46(35-31-41)61(47-36-32-45(33-37-47)51-21-10-15-43-13-2-4-17-49(43)51)58-24-7-5-18-54(58)52-22-11-23-56-53(52)38-39-57-55-19-6-8-25-59(55)62-60(56)57/h1-39H/i30D,31D,34D,35D. The van der Waals surface area contributed by atoms with Gasteiger partial charge >= 0.3 is 0 Å². The Bertz CT molecular complexity index is 3830. The molecule has 0 bridgehead atoms. The van der Waals surface area contributed by atoms with E-state index in [1.165, 1.54) is 0 Å². The van der Waals surface area contributed by atoms with Gasteiger partial charge in [-0.3, -0.25) is 0 Å². The highest BCUT2D eigenvalue weighted by Crippen LogP contribution is 2.45. The van der Waals surface area contributed by atoms with Gasteiger partial charge in [0.15, 0.2) is 0 Å². The van der Waals surface area contributed by atoms with E-state index < -0.39 is 0 Å². The van der Waals surface area contributed by atoms with Gasteiger partial charge in [-0.1, -0.05) is 194 Å². The number of rotatable bonds is 7. The summed E-state index contributed by atoms with van der Waals surface area (Å²) in [5.74, 6) is 0. The van der Waals surface area contributed by atoms with Crippen LogP contribution in [0.1, 0.15) is 5.48 Å². The van der Waals surface area contributed by atoms with Crippen molar-refractivity contribution in [1.29, 1.82) is 0 Å². The summed E-state index contributed by atoms with van der Waals surface area (Å²) < 4.78 is 45.3. The van der Waals surface area contributed by atoms with Crippen molar-refractivity contribution in [1.82, 2.24) is 0 Å². The predicted octanol–water partition coefficient (Wildman–Crippen LogP) is 17.2. The van der Waals surface area contributed by atoms with E-state index in [1.807, 2.05) is 108 Å². The molecule has 11 aromatic carbocycles. The Kier molecular flexibility index (Phi) is 7.57. The van der Waals surface area contributed by atoms with Crippen LogP contribution in [0.25, 0.3) is 98.8 Å². The first-order valence-electron chi connectivity index (χ1n) is 22.9. The van der Waals surface area contributed by atoms with E-state index in [2.05, 4.69) is 109 Å². The second-order valence-corrected chi connectivity index (χ2v) is 15.7. The van der Waals surface area contributed by atoms with Crippen molar-refractivity contribution in [2.24, 2.45) is 0 Å². The van der Waals surface area contributed by atoms with Gasteiger partial charge < -0.3 is 9.32 Å². The van der Waals surface area contributed by atoms with E-state index in [-0.39, 0.29) is 35.4 Å². The summed E-state index contributed by atoms with van der Waals surface area (Å²) in [7, 11) is 0. The predicted molar refractivity (Wildman–Crippen MR) is 263 cm³/mol. The molecule has 0 radical (unpaired) electrons. The Labute approximate surface area is 365 Å². The Hall–Kier alpha value is -8.20. The fourth-order valence-electron chi connectivity index (χ4n) is 9.18. The van der Waals surface area contributed by atoms with E-state index in [4.69, 9.17) is 4.42 Å². The molecule has 0 atom stereocenters. The van der Waals surface area contributed by atoms with Gasteiger partial charge in [0.1, 0.15) is 11.2 Å². The molecule has 0 aliphatic carbocycles. The third-order valence-electron chi connectivity index (χ3n) is 12.2. The summed E-state index contributed by atoms with van der Waals surface area (Å²) in [5, 5.41) is 8.65. The number of fused-ring (bicyclic) bond motifs is 7. The quantitative estimate of drug-likeness (QED) is 0.160. The van der Waals surface area contributed by atoms with Crippen LogP contribution in [0.2, 0.25) is 0 Å². The molecule has 0 amide bonds. The molecule has 0 aliphatic heterocycles. The van der Waals surface area contributed by atoms with Crippen LogP contribution in [0.4, 0.5) is 17.1 Å². The van der Waals surface area contributed by atoms with Crippen LogP contribution in [0, 0.1) is 0 Å². The fraction of sp³-hybridized carbons (Fsp3) is 0.